The van der Waals surface area contributed by atoms with Crippen LogP contribution in [0.1, 0.15) is 19.8 Å². The van der Waals surface area contributed by atoms with E-state index in [0.29, 0.717) is 6.54 Å². The van der Waals surface area contributed by atoms with Crippen LogP contribution in [0.15, 0.2) is 5.10 Å². The maximum Gasteiger partial charge on any atom is 0.270 e. The Morgan fingerprint density at radius 2 is 1.60 bits per heavy atom. The van der Waals surface area contributed by atoms with Crippen molar-refractivity contribution in [3.8, 4) is 0 Å². The molecule has 0 spiro atoms. The zero-order valence-electron chi connectivity index (χ0n) is 10.1. The number of unbranched alkanes of at least 4 members (excludes halogenated alkanes) is 1. The van der Waals surface area contributed by atoms with E-state index in [0.717, 1.165) is 12.8 Å². The fourth-order valence-electron chi connectivity index (χ4n) is 1.60. The number of rotatable bonds is 4. The van der Waals surface area contributed by atoms with Crippen molar-refractivity contribution in [2.24, 2.45) is 5.10 Å². The molecule has 1 atom stereocenters. The van der Waals surface area contributed by atoms with Crippen LogP contribution in [0.2, 0.25) is 0 Å². The Bertz CT molecular complexity index is 361. The number of hydrogen-bond acceptors (Lipinski definition) is 3. The normalized spacial score (nSPS) is 20.9. The van der Waals surface area contributed by atoms with E-state index in [1.54, 1.807) is 0 Å². The maximum atomic E-state index is 6.22. The van der Waals surface area contributed by atoms with Crippen molar-refractivity contribution in [1.29, 1.82) is 0 Å². The molecule has 1 unspecified atom stereocenters. The van der Waals surface area contributed by atoms with E-state index in [1.807, 2.05) is 6.92 Å². The van der Waals surface area contributed by atoms with Crippen LogP contribution in [-0.4, -0.2) is 41.0 Å². The van der Waals surface area contributed by atoms with Gasteiger partial charge in [-0.1, -0.05) is 106 Å². The lowest BCUT2D eigenvalue weighted by Crippen LogP contribution is -2.59. The molecule has 0 radical (unpaired) electrons. The molecule has 1 rings (SSSR count). The molecule has 1 aliphatic heterocycles. The van der Waals surface area contributed by atoms with Gasteiger partial charge in [0.1, 0.15) is 6.34 Å². The molecule has 118 valence electrons. The minimum Gasteiger partial charge on any atom is -0.291 e. The minimum atomic E-state index is -2.01. The van der Waals surface area contributed by atoms with Crippen molar-refractivity contribution in [2.75, 3.05) is 6.54 Å². The predicted octanol–water partition coefficient (Wildman–Crippen LogP) is 5.55. The predicted molar refractivity (Wildman–Crippen MR) is 90.8 cm³/mol. The van der Waals surface area contributed by atoms with E-state index in [1.165, 1.54) is 16.2 Å². The molecule has 0 saturated heterocycles. The van der Waals surface area contributed by atoms with Crippen LogP contribution in [-0.2, 0) is 0 Å². The number of halogens is 8. The van der Waals surface area contributed by atoms with Crippen LogP contribution in [0.3, 0.4) is 0 Å². The summed E-state index contributed by atoms with van der Waals surface area (Å²) in [5, 5.41) is 5.65. The fraction of sp³-hybridized carbons (Fsp3) is 0.889. The van der Waals surface area contributed by atoms with Gasteiger partial charge in [0.15, 0.2) is 6.17 Å². The first kappa shape index (κ1) is 19.6. The number of nitrogens with zero attached hydrogens (tertiary/aromatic N) is 3. The average Bonchev–Trinajstić information content (AvgIpc) is 2.68. The second-order valence-electron chi connectivity index (χ2n) is 4.12. The van der Waals surface area contributed by atoms with Crippen LogP contribution in [0.25, 0.3) is 0 Å². The Balaban J connectivity index is 3.11. The monoisotopic (exact) mass is 441 g/mol. The van der Waals surface area contributed by atoms with E-state index in [2.05, 4.69) is 5.10 Å². The molecule has 0 saturated carbocycles. The average molecular weight is 445 g/mol. The summed E-state index contributed by atoms with van der Waals surface area (Å²) in [4.78, 5) is 1.22. The van der Waals surface area contributed by atoms with Gasteiger partial charge in [0.2, 0.25) is 8.13 Å². The van der Waals surface area contributed by atoms with Gasteiger partial charge >= 0.3 is 0 Å². The van der Waals surface area contributed by atoms with E-state index < -0.39 is 18.2 Å². The fourth-order valence-corrected chi connectivity index (χ4v) is 2.74. The zero-order chi connectivity index (χ0) is 15.8. The summed E-state index contributed by atoms with van der Waals surface area (Å²) in [6, 6.07) is 0. The quantitative estimate of drug-likeness (QED) is 0.418. The van der Waals surface area contributed by atoms with Crippen LogP contribution in [0.4, 0.5) is 0 Å². The highest BCUT2D eigenvalue weighted by Gasteiger charge is 2.59. The summed E-state index contributed by atoms with van der Waals surface area (Å²) >= 11 is 47.6. The first-order valence-electron chi connectivity index (χ1n) is 5.53. The zero-order valence-corrected chi connectivity index (χ0v) is 16.2. The van der Waals surface area contributed by atoms with Crippen molar-refractivity contribution < 1.29 is 0 Å². The maximum absolute atomic E-state index is 6.22. The third-order valence-electron chi connectivity index (χ3n) is 2.61. The third-order valence-corrected chi connectivity index (χ3v) is 5.62. The van der Waals surface area contributed by atoms with Gasteiger partial charge in [-0.3, -0.25) is 9.91 Å². The smallest absolute Gasteiger partial charge is 0.270 e. The highest BCUT2D eigenvalue weighted by atomic mass is 35.6. The third kappa shape index (κ3) is 4.32. The van der Waals surface area contributed by atoms with Crippen molar-refractivity contribution >= 4 is 99.1 Å². The molecule has 20 heavy (non-hydrogen) atoms. The van der Waals surface area contributed by atoms with Gasteiger partial charge in [-0.15, -0.1) is 0 Å². The molecule has 0 aliphatic carbocycles. The lowest BCUT2D eigenvalue weighted by molar-refractivity contribution is 0.112. The molecule has 0 aromatic heterocycles. The summed E-state index contributed by atoms with van der Waals surface area (Å²) in [6.45, 7) is 2.54. The van der Waals surface area contributed by atoms with Crippen LogP contribution >= 0.6 is 92.8 Å². The van der Waals surface area contributed by atoms with Crippen molar-refractivity contribution in [2.45, 2.75) is 38.0 Å². The van der Waals surface area contributed by atoms with E-state index in [-0.39, 0.29) is 0 Å². The summed E-state index contributed by atoms with van der Waals surface area (Å²) in [5.74, 6) is 0. The van der Waals surface area contributed by atoms with Gasteiger partial charge in [0, 0.05) is 6.54 Å². The first-order chi connectivity index (χ1) is 8.93. The largest absolute Gasteiger partial charge is 0.291 e. The Hall–Kier alpha value is 1.59. The number of hydrazone groups is 1. The Kier molecular flexibility index (Phi) is 6.88. The van der Waals surface area contributed by atoms with Crippen molar-refractivity contribution in [1.82, 2.24) is 9.91 Å². The van der Waals surface area contributed by atoms with Crippen molar-refractivity contribution in [3.63, 3.8) is 0 Å². The molecule has 0 N–H and O–H groups in total. The molecule has 1 heterocycles. The molecule has 0 bridgehead atoms. The molecule has 1 aliphatic rings. The molecule has 0 aromatic rings. The standard InChI is InChI=1S/C9H11Cl8N3/c1-2-3-4-20-6(7(10,11)8(12,13)14)19(5-18-20)9(15,16)17/h5-6H,2-4H2,1H3. The molecule has 11 heteroatoms. The van der Waals surface area contributed by atoms with Gasteiger partial charge in [-0.05, 0) is 6.42 Å². The summed E-state index contributed by atoms with van der Waals surface area (Å²) in [5.41, 5.74) is 0. The van der Waals surface area contributed by atoms with Gasteiger partial charge in [-0.2, -0.15) is 5.10 Å². The summed E-state index contributed by atoms with van der Waals surface area (Å²) < 4.78 is -5.71. The second kappa shape index (κ2) is 7.00. The molecular weight excluding hydrogens is 434 g/mol. The van der Waals surface area contributed by atoms with Gasteiger partial charge in [0.25, 0.3) is 3.92 Å². The SMILES string of the molecule is CCCCN1N=CN(C(Cl)(Cl)Cl)C1C(Cl)(Cl)C(Cl)(Cl)Cl. The number of alkyl halides is 8. The summed E-state index contributed by atoms with van der Waals surface area (Å²) in [7, 11) is 0. The number of hydrogen-bond donors (Lipinski definition) is 0. The van der Waals surface area contributed by atoms with Crippen LogP contribution in [0.5, 0.6) is 0 Å². The van der Waals surface area contributed by atoms with E-state index >= 15 is 0 Å². The molecule has 0 fully saturated rings. The lowest BCUT2D eigenvalue weighted by atomic mass is 10.2. The molecular formula is C9H11Cl8N3. The topological polar surface area (TPSA) is 18.8 Å². The first-order valence-corrected chi connectivity index (χ1v) is 8.55. The van der Waals surface area contributed by atoms with E-state index in [4.69, 9.17) is 92.8 Å². The lowest BCUT2D eigenvalue weighted by Gasteiger charge is -2.43. The second-order valence-corrected chi connectivity index (χ2v) is 10.0. The highest BCUT2D eigenvalue weighted by Crippen LogP contribution is 2.52. The van der Waals surface area contributed by atoms with Crippen LogP contribution < -0.4 is 0 Å². The van der Waals surface area contributed by atoms with Crippen LogP contribution in [0, 0.1) is 0 Å². The van der Waals surface area contributed by atoms with Gasteiger partial charge in [-0.25, -0.2) is 0 Å². The molecule has 0 amide bonds. The van der Waals surface area contributed by atoms with Gasteiger partial charge in [0.05, 0.1) is 0 Å². The van der Waals surface area contributed by atoms with E-state index in [9.17, 15) is 0 Å². The highest BCUT2D eigenvalue weighted by molar-refractivity contribution is 6.76. The molecule has 0 aromatic carbocycles. The van der Waals surface area contributed by atoms with Crippen molar-refractivity contribution in [3.05, 3.63) is 0 Å². The summed E-state index contributed by atoms with van der Waals surface area (Å²) in [6.07, 6.45) is 2.13. The minimum absolute atomic E-state index is 0.525. The Labute approximate surface area is 157 Å². The Morgan fingerprint density at radius 1 is 1.05 bits per heavy atom. The van der Waals surface area contributed by atoms with Gasteiger partial charge < -0.3 is 0 Å². The Morgan fingerprint density at radius 3 is 2.00 bits per heavy atom. The molecule has 3 nitrogen and oxygen atoms in total.